The molecule has 0 saturated carbocycles. The lowest BCUT2D eigenvalue weighted by atomic mass is 10.0. The molecular formula is C15H17NO4. The Balaban J connectivity index is 2.03. The largest absolute Gasteiger partial charge is 0.508 e. The summed E-state index contributed by atoms with van der Waals surface area (Å²) in [6.45, 7) is 3.35. The van der Waals surface area contributed by atoms with E-state index in [9.17, 15) is 15.0 Å². The van der Waals surface area contributed by atoms with Crippen LogP contribution in [0.25, 0.3) is 0 Å². The number of benzene rings is 1. The van der Waals surface area contributed by atoms with Gasteiger partial charge in [0, 0.05) is 5.56 Å². The smallest absolute Gasteiger partial charge is 0.251 e. The summed E-state index contributed by atoms with van der Waals surface area (Å²) in [6.07, 6.45) is 0. The first-order valence-corrected chi connectivity index (χ1v) is 6.25. The van der Waals surface area contributed by atoms with Crippen LogP contribution in [0.3, 0.4) is 0 Å². The number of nitrogens with one attached hydrogen (secondary N) is 1. The third-order valence-electron chi connectivity index (χ3n) is 2.97. The van der Waals surface area contributed by atoms with Crippen molar-refractivity contribution in [2.75, 3.05) is 6.54 Å². The predicted octanol–water partition coefficient (Wildman–Crippen LogP) is 1.93. The highest BCUT2D eigenvalue weighted by molar-refractivity contribution is 5.94. The SMILES string of the molecule is Cc1ccc(C(C)(O)CNC(=O)c2cccc(O)c2)o1. The lowest BCUT2D eigenvalue weighted by Gasteiger charge is -2.21. The van der Waals surface area contributed by atoms with Gasteiger partial charge in [-0.15, -0.1) is 0 Å². The van der Waals surface area contributed by atoms with Crippen molar-refractivity contribution in [2.24, 2.45) is 0 Å². The molecule has 1 atom stereocenters. The molecule has 106 valence electrons. The van der Waals surface area contributed by atoms with Crippen molar-refractivity contribution in [3.05, 3.63) is 53.5 Å². The van der Waals surface area contributed by atoms with Crippen LogP contribution in [0, 0.1) is 6.92 Å². The van der Waals surface area contributed by atoms with E-state index in [-0.39, 0.29) is 18.2 Å². The standard InChI is InChI=1S/C15H17NO4/c1-10-6-7-13(20-10)15(2,19)9-16-14(18)11-4-3-5-12(17)8-11/h3-8,17,19H,9H2,1-2H3,(H,16,18). The number of hydrogen-bond donors (Lipinski definition) is 3. The van der Waals surface area contributed by atoms with Gasteiger partial charge in [-0.1, -0.05) is 6.07 Å². The van der Waals surface area contributed by atoms with Crippen molar-refractivity contribution in [1.29, 1.82) is 0 Å². The normalized spacial score (nSPS) is 13.8. The number of hydrogen-bond acceptors (Lipinski definition) is 4. The first kappa shape index (κ1) is 14.1. The Morgan fingerprint density at radius 1 is 1.35 bits per heavy atom. The minimum atomic E-state index is -1.29. The van der Waals surface area contributed by atoms with Crippen LogP contribution in [0.5, 0.6) is 5.75 Å². The van der Waals surface area contributed by atoms with Crippen LogP contribution < -0.4 is 5.32 Å². The number of phenols is 1. The van der Waals surface area contributed by atoms with Crippen molar-refractivity contribution in [3.63, 3.8) is 0 Å². The minimum absolute atomic E-state index is 0.00838. The highest BCUT2D eigenvalue weighted by Gasteiger charge is 2.27. The van der Waals surface area contributed by atoms with E-state index in [1.807, 2.05) is 0 Å². The summed E-state index contributed by atoms with van der Waals surface area (Å²) in [5, 5.41) is 22.2. The molecule has 1 unspecified atom stereocenters. The second-order valence-corrected chi connectivity index (χ2v) is 4.92. The van der Waals surface area contributed by atoms with Gasteiger partial charge in [0.25, 0.3) is 5.91 Å². The molecule has 2 rings (SSSR count). The molecule has 0 saturated heterocycles. The minimum Gasteiger partial charge on any atom is -0.508 e. The van der Waals surface area contributed by atoms with Crippen molar-refractivity contribution < 1.29 is 19.4 Å². The van der Waals surface area contributed by atoms with Gasteiger partial charge in [0.15, 0.2) is 0 Å². The van der Waals surface area contributed by atoms with E-state index in [0.717, 1.165) is 0 Å². The molecule has 1 amide bonds. The van der Waals surface area contributed by atoms with Crippen LogP contribution in [0.2, 0.25) is 0 Å². The van der Waals surface area contributed by atoms with Crippen LogP contribution in [0.1, 0.15) is 28.8 Å². The van der Waals surface area contributed by atoms with Gasteiger partial charge in [0.05, 0.1) is 6.54 Å². The molecule has 1 aromatic carbocycles. The van der Waals surface area contributed by atoms with Gasteiger partial charge < -0.3 is 19.9 Å². The number of carbonyl (C=O) groups excluding carboxylic acids is 1. The summed E-state index contributed by atoms with van der Waals surface area (Å²) < 4.78 is 5.36. The number of aromatic hydroxyl groups is 1. The number of phenolic OH excluding ortho intramolecular Hbond substituents is 1. The molecule has 0 spiro atoms. The maximum atomic E-state index is 11.9. The Kier molecular flexibility index (Phi) is 3.81. The Bertz CT molecular complexity index is 616. The number of aliphatic hydroxyl groups is 1. The molecule has 0 bridgehead atoms. The molecule has 20 heavy (non-hydrogen) atoms. The van der Waals surface area contributed by atoms with Gasteiger partial charge in [0.2, 0.25) is 0 Å². The van der Waals surface area contributed by atoms with Crippen LogP contribution in [0.4, 0.5) is 0 Å². The molecule has 1 heterocycles. The first-order valence-electron chi connectivity index (χ1n) is 6.25. The molecule has 5 heteroatoms. The maximum absolute atomic E-state index is 11.9. The average Bonchev–Trinajstić information content (AvgIpc) is 2.83. The second-order valence-electron chi connectivity index (χ2n) is 4.92. The fourth-order valence-corrected chi connectivity index (χ4v) is 1.81. The molecule has 0 aliphatic rings. The number of rotatable bonds is 4. The highest BCUT2D eigenvalue weighted by Crippen LogP contribution is 2.22. The van der Waals surface area contributed by atoms with Gasteiger partial charge in [-0.25, -0.2) is 0 Å². The molecule has 0 fully saturated rings. The van der Waals surface area contributed by atoms with Gasteiger partial charge in [-0.05, 0) is 44.2 Å². The molecule has 1 aromatic heterocycles. The van der Waals surface area contributed by atoms with E-state index in [0.29, 0.717) is 17.1 Å². The predicted molar refractivity (Wildman–Crippen MR) is 73.5 cm³/mol. The topological polar surface area (TPSA) is 82.7 Å². The Morgan fingerprint density at radius 2 is 2.10 bits per heavy atom. The zero-order valence-corrected chi connectivity index (χ0v) is 11.4. The summed E-state index contributed by atoms with van der Waals surface area (Å²) in [7, 11) is 0. The summed E-state index contributed by atoms with van der Waals surface area (Å²) in [5.74, 6) is 0.737. The van der Waals surface area contributed by atoms with E-state index in [1.54, 1.807) is 38.1 Å². The molecule has 2 aromatic rings. The van der Waals surface area contributed by atoms with Crippen molar-refractivity contribution in [3.8, 4) is 5.75 Å². The molecule has 5 nitrogen and oxygen atoms in total. The lowest BCUT2D eigenvalue weighted by Crippen LogP contribution is -2.38. The Hall–Kier alpha value is -2.27. The van der Waals surface area contributed by atoms with Crippen molar-refractivity contribution in [1.82, 2.24) is 5.32 Å². The molecule has 0 aliphatic heterocycles. The third kappa shape index (κ3) is 3.19. The molecular weight excluding hydrogens is 258 g/mol. The molecule has 3 N–H and O–H groups in total. The third-order valence-corrected chi connectivity index (χ3v) is 2.97. The summed E-state index contributed by atoms with van der Waals surface area (Å²) >= 11 is 0. The number of amides is 1. The fourth-order valence-electron chi connectivity index (χ4n) is 1.81. The second kappa shape index (κ2) is 5.38. The Labute approximate surface area is 116 Å². The maximum Gasteiger partial charge on any atom is 0.251 e. The number of aryl methyl sites for hydroxylation is 1. The van der Waals surface area contributed by atoms with E-state index in [4.69, 9.17) is 4.42 Å². The van der Waals surface area contributed by atoms with Gasteiger partial charge in [0.1, 0.15) is 22.9 Å². The van der Waals surface area contributed by atoms with Gasteiger partial charge in [-0.2, -0.15) is 0 Å². The van der Waals surface area contributed by atoms with Crippen LogP contribution in [0.15, 0.2) is 40.8 Å². The quantitative estimate of drug-likeness (QED) is 0.796. The van der Waals surface area contributed by atoms with E-state index >= 15 is 0 Å². The highest BCUT2D eigenvalue weighted by atomic mass is 16.4. The first-order chi connectivity index (χ1) is 9.38. The van der Waals surface area contributed by atoms with Crippen LogP contribution in [-0.4, -0.2) is 22.7 Å². The van der Waals surface area contributed by atoms with Crippen LogP contribution in [-0.2, 0) is 5.60 Å². The van der Waals surface area contributed by atoms with Gasteiger partial charge in [-0.3, -0.25) is 4.79 Å². The molecule has 0 aliphatic carbocycles. The van der Waals surface area contributed by atoms with Crippen LogP contribution >= 0.6 is 0 Å². The zero-order chi connectivity index (χ0) is 14.8. The number of carbonyl (C=O) groups is 1. The monoisotopic (exact) mass is 275 g/mol. The van der Waals surface area contributed by atoms with Crippen molar-refractivity contribution in [2.45, 2.75) is 19.4 Å². The van der Waals surface area contributed by atoms with Crippen molar-refractivity contribution >= 4 is 5.91 Å². The fraction of sp³-hybridized carbons (Fsp3) is 0.267. The number of furan rings is 1. The Morgan fingerprint density at radius 3 is 2.70 bits per heavy atom. The summed E-state index contributed by atoms with van der Waals surface area (Å²) in [5.41, 5.74) is -0.961. The average molecular weight is 275 g/mol. The van der Waals surface area contributed by atoms with E-state index in [2.05, 4.69) is 5.32 Å². The molecule has 0 radical (unpaired) electrons. The van der Waals surface area contributed by atoms with E-state index < -0.39 is 5.60 Å². The zero-order valence-electron chi connectivity index (χ0n) is 11.4. The van der Waals surface area contributed by atoms with Gasteiger partial charge >= 0.3 is 0 Å². The summed E-state index contributed by atoms with van der Waals surface area (Å²) in [4.78, 5) is 11.9. The lowest BCUT2D eigenvalue weighted by molar-refractivity contribution is 0.0323. The summed E-state index contributed by atoms with van der Waals surface area (Å²) in [6, 6.07) is 9.44. The van der Waals surface area contributed by atoms with E-state index in [1.165, 1.54) is 12.1 Å².